The Balaban J connectivity index is 4.73. The lowest BCUT2D eigenvalue weighted by Crippen LogP contribution is -2.41. The molecule has 0 bridgehead atoms. The first-order valence-electron chi connectivity index (χ1n) is 5.40. The summed E-state index contributed by atoms with van der Waals surface area (Å²) in [6.07, 6.45) is 0. The second-order valence-corrected chi connectivity index (χ2v) is 5.32. The third kappa shape index (κ3) is 2.96. The molecular weight excluding hydrogens is 163 g/mol. The average Bonchev–Trinajstić information content (AvgIpc) is 1.82. The zero-order valence-electron chi connectivity index (χ0n) is 10.2. The van der Waals surface area contributed by atoms with Crippen molar-refractivity contribution in [3.63, 3.8) is 0 Å². The van der Waals surface area contributed by atoms with Crippen molar-refractivity contribution in [3.8, 4) is 0 Å². The number of alkyl halides is 1. The lowest BCUT2D eigenvalue weighted by Gasteiger charge is -2.39. The van der Waals surface area contributed by atoms with E-state index >= 15 is 0 Å². The van der Waals surface area contributed by atoms with Crippen molar-refractivity contribution in [2.75, 3.05) is 0 Å². The van der Waals surface area contributed by atoms with Crippen LogP contribution in [0.3, 0.4) is 0 Å². The van der Waals surface area contributed by atoms with Gasteiger partial charge < -0.3 is 0 Å². The van der Waals surface area contributed by atoms with Gasteiger partial charge in [-0.25, -0.2) is 4.39 Å². The minimum Gasteiger partial charge on any atom is -0.244 e. The number of hydrogen-bond acceptors (Lipinski definition) is 0. The molecule has 0 aromatic carbocycles. The van der Waals surface area contributed by atoms with Gasteiger partial charge >= 0.3 is 0 Å². The molecule has 0 nitrogen and oxygen atoms in total. The minimum absolute atomic E-state index is 0.0994. The number of halogens is 1. The molecule has 0 N–H and O–H groups in total. The van der Waals surface area contributed by atoms with E-state index in [2.05, 4.69) is 27.7 Å². The van der Waals surface area contributed by atoms with E-state index in [1.54, 1.807) is 6.92 Å². The van der Waals surface area contributed by atoms with Crippen LogP contribution in [0.1, 0.15) is 48.5 Å². The van der Waals surface area contributed by atoms with Crippen LogP contribution in [0.4, 0.5) is 4.39 Å². The molecule has 0 saturated heterocycles. The van der Waals surface area contributed by atoms with Gasteiger partial charge in [0.1, 0.15) is 5.67 Å². The maximum absolute atomic E-state index is 14.4. The average molecular weight is 188 g/mol. The molecule has 0 unspecified atom stereocenters. The first kappa shape index (κ1) is 12.9. The van der Waals surface area contributed by atoms with Crippen LogP contribution in [0.15, 0.2) is 0 Å². The van der Waals surface area contributed by atoms with Crippen molar-refractivity contribution in [1.82, 2.24) is 0 Å². The van der Waals surface area contributed by atoms with E-state index in [4.69, 9.17) is 0 Å². The highest BCUT2D eigenvalue weighted by molar-refractivity contribution is 4.88. The van der Waals surface area contributed by atoms with Crippen molar-refractivity contribution >= 4 is 0 Å². The summed E-state index contributed by atoms with van der Waals surface area (Å²) in [6.45, 7) is 14.2. The van der Waals surface area contributed by atoms with Crippen molar-refractivity contribution in [3.05, 3.63) is 0 Å². The smallest absolute Gasteiger partial charge is 0.113 e. The molecule has 80 valence electrons. The van der Waals surface area contributed by atoms with Gasteiger partial charge in [-0.1, -0.05) is 41.5 Å². The van der Waals surface area contributed by atoms with E-state index in [0.717, 1.165) is 0 Å². The normalized spacial score (nSPS) is 17.5. The van der Waals surface area contributed by atoms with Gasteiger partial charge in [0.15, 0.2) is 0 Å². The van der Waals surface area contributed by atoms with Gasteiger partial charge in [-0.2, -0.15) is 0 Å². The van der Waals surface area contributed by atoms with E-state index in [1.807, 2.05) is 13.8 Å². The van der Waals surface area contributed by atoms with Crippen LogP contribution in [0.25, 0.3) is 0 Å². The van der Waals surface area contributed by atoms with Gasteiger partial charge in [0.05, 0.1) is 0 Å². The Labute approximate surface area is 82.9 Å². The summed E-state index contributed by atoms with van der Waals surface area (Å²) in [5, 5.41) is 0. The van der Waals surface area contributed by atoms with Crippen LogP contribution in [0.5, 0.6) is 0 Å². The van der Waals surface area contributed by atoms with Crippen LogP contribution >= 0.6 is 0 Å². The summed E-state index contributed by atoms with van der Waals surface area (Å²) >= 11 is 0. The Morgan fingerprint density at radius 1 is 0.846 bits per heavy atom. The quantitative estimate of drug-likeness (QED) is 0.617. The molecule has 0 amide bonds. The predicted octanol–water partition coefficient (Wildman–Crippen LogP) is 4.30. The molecule has 0 radical (unpaired) electrons. The summed E-state index contributed by atoms with van der Waals surface area (Å²) < 4.78 is 14.4. The molecule has 0 aliphatic heterocycles. The van der Waals surface area contributed by atoms with E-state index < -0.39 is 5.67 Å². The van der Waals surface area contributed by atoms with Crippen molar-refractivity contribution < 1.29 is 4.39 Å². The fourth-order valence-electron chi connectivity index (χ4n) is 2.46. The van der Waals surface area contributed by atoms with Gasteiger partial charge in [-0.3, -0.25) is 0 Å². The second-order valence-electron chi connectivity index (χ2n) is 5.32. The Kier molecular flexibility index (Phi) is 4.41. The Morgan fingerprint density at radius 2 is 1.15 bits per heavy atom. The second kappa shape index (κ2) is 4.43. The van der Waals surface area contributed by atoms with Gasteiger partial charge in [0.25, 0.3) is 0 Å². The molecule has 0 heterocycles. The third-order valence-electron chi connectivity index (χ3n) is 3.22. The lowest BCUT2D eigenvalue weighted by atomic mass is 9.70. The third-order valence-corrected chi connectivity index (χ3v) is 3.22. The zero-order chi connectivity index (χ0) is 10.8. The van der Waals surface area contributed by atoms with Gasteiger partial charge in [-0.15, -0.1) is 0 Å². The zero-order valence-corrected chi connectivity index (χ0v) is 10.2. The highest BCUT2D eigenvalue weighted by Gasteiger charge is 2.40. The molecule has 0 aliphatic rings. The van der Waals surface area contributed by atoms with E-state index in [0.29, 0.717) is 11.8 Å². The molecule has 0 aliphatic carbocycles. The molecule has 13 heavy (non-hydrogen) atoms. The Hall–Kier alpha value is -0.0700. The van der Waals surface area contributed by atoms with Crippen molar-refractivity contribution in [2.24, 2.45) is 23.7 Å². The summed E-state index contributed by atoms with van der Waals surface area (Å²) in [5.41, 5.74) is -1.04. The van der Waals surface area contributed by atoms with Crippen LogP contribution in [0.2, 0.25) is 0 Å². The van der Waals surface area contributed by atoms with Crippen LogP contribution in [0, 0.1) is 23.7 Å². The van der Waals surface area contributed by atoms with Gasteiger partial charge in [0.2, 0.25) is 0 Å². The summed E-state index contributed by atoms with van der Waals surface area (Å²) in [6, 6.07) is 0. The number of rotatable bonds is 4. The Morgan fingerprint density at radius 3 is 1.23 bits per heavy atom. The highest BCUT2D eigenvalue weighted by Crippen LogP contribution is 2.39. The fourth-order valence-corrected chi connectivity index (χ4v) is 2.46. The molecule has 0 aromatic rings. The van der Waals surface area contributed by atoms with Gasteiger partial charge in [0, 0.05) is 0 Å². The molecular formula is C12H25F. The Bertz CT molecular complexity index is 137. The minimum atomic E-state index is -1.04. The summed E-state index contributed by atoms with van der Waals surface area (Å²) in [4.78, 5) is 0. The molecule has 0 saturated carbocycles. The van der Waals surface area contributed by atoms with Crippen LogP contribution < -0.4 is 0 Å². The largest absolute Gasteiger partial charge is 0.244 e. The van der Waals surface area contributed by atoms with Crippen LogP contribution in [-0.4, -0.2) is 5.67 Å². The highest BCUT2D eigenvalue weighted by atomic mass is 19.1. The van der Waals surface area contributed by atoms with Crippen LogP contribution in [-0.2, 0) is 0 Å². The fraction of sp³-hybridized carbons (Fsp3) is 1.00. The van der Waals surface area contributed by atoms with E-state index in [9.17, 15) is 4.39 Å². The van der Waals surface area contributed by atoms with Crippen molar-refractivity contribution in [2.45, 2.75) is 54.1 Å². The predicted molar refractivity (Wildman–Crippen MR) is 57.5 cm³/mol. The van der Waals surface area contributed by atoms with Crippen molar-refractivity contribution in [1.29, 1.82) is 0 Å². The van der Waals surface area contributed by atoms with E-state index in [1.165, 1.54) is 0 Å². The van der Waals surface area contributed by atoms with Gasteiger partial charge in [-0.05, 0) is 30.6 Å². The summed E-state index contributed by atoms with van der Waals surface area (Å²) in [7, 11) is 0. The monoisotopic (exact) mass is 188 g/mol. The number of hydrogen-bond donors (Lipinski definition) is 0. The topological polar surface area (TPSA) is 0 Å². The molecule has 0 rings (SSSR count). The standard InChI is InChI=1S/C12H25F/c1-8(2)11(9(3)4)12(7,13)10(5)6/h8-11H,1-7H3/t12-/m0/s1. The van der Waals surface area contributed by atoms with E-state index in [-0.39, 0.29) is 11.8 Å². The molecule has 1 heteroatoms. The maximum Gasteiger partial charge on any atom is 0.113 e. The molecule has 0 fully saturated rings. The summed E-state index contributed by atoms with van der Waals surface area (Å²) in [5.74, 6) is 1.09. The molecule has 0 spiro atoms. The molecule has 1 atom stereocenters. The molecule has 0 aromatic heterocycles. The first-order chi connectivity index (χ1) is 5.71. The lowest BCUT2D eigenvalue weighted by molar-refractivity contribution is -0.00115. The maximum atomic E-state index is 14.4. The first-order valence-corrected chi connectivity index (χ1v) is 5.40. The SMILES string of the molecule is CC(C)C(C(C)C)[C@@](C)(F)C(C)C.